The van der Waals surface area contributed by atoms with Crippen LogP contribution in [0.2, 0.25) is 0 Å². The Labute approximate surface area is 188 Å². The maximum absolute atomic E-state index is 12.4. The summed E-state index contributed by atoms with van der Waals surface area (Å²) in [6.45, 7) is 4.18. The van der Waals surface area contributed by atoms with Crippen LogP contribution in [0.3, 0.4) is 0 Å². The third-order valence-corrected chi connectivity index (χ3v) is 5.59. The van der Waals surface area contributed by atoms with Gasteiger partial charge < -0.3 is 20.5 Å². The van der Waals surface area contributed by atoms with E-state index in [1.807, 2.05) is 38.1 Å². The third-order valence-electron chi connectivity index (χ3n) is 5.59. The van der Waals surface area contributed by atoms with Crippen molar-refractivity contribution in [2.24, 2.45) is 11.8 Å². The number of hydrogen-bond acceptors (Lipinski definition) is 4. The van der Waals surface area contributed by atoms with E-state index in [0.29, 0.717) is 5.92 Å². The fraction of sp³-hybridized carbons (Fsp3) is 0.400. The lowest BCUT2D eigenvalue weighted by atomic mass is 9.94. The number of fused-ring (bicyclic) bond motifs is 3. The quantitative estimate of drug-likeness (QED) is 0.524. The van der Waals surface area contributed by atoms with Gasteiger partial charge in [0.15, 0.2) is 0 Å². The lowest BCUT2D eigenvalue weighted by molar-refractivity contribution is -0.138. The van der Waals surface area contributed by atoms with Gasteiger partial charge in [0.25, 0.3) is 0 Å². The molecule has 0 radical (unpaired) electrons. The molecule has 2 aromatic carbocycles. The predicted molar refractivity (Wildman–Crippen MR) is 121 cm³/mol. The Kier molecular flexibility index (Phi) is 7.87. The number of ether oxygens (including phenoxy) is 1. The first-order valence-corrected chi connectivity index (χ1v) is 10.9. The van der Waals surface area contributed by atoms with Crippen LogP contribution in [0.4, 0.5) is 4.79 Å². The lowest BCUT2D eigenvalue weighted by Gasteiger charge is -2.20. The van der Waals surface area contributed by atoms with Crippen molar-refractivity contribution in [1.82, 2.24) is 10.6 Å². The van der Waals surface area contributed by atoms with E-state index in [2.05, 4.69) is 34.9 Å². The highest BCUT2D eigenvalue weighted by molar-refractivity contribution is 5.81. The van der Waals surface area contributed by atoms with Gasteiger partial charge in [-0.3, -0.25) is 9.59 Å². The summed E-state index contributed by atoms with van der Waals surface area (Å²) in [5.74, 6) is -1.22. The molecule has 0 aromatic heterocycles. The molecule has 0 heterocycles. The molecule has 0 bridgehead atoms. The van der Waals surface area contributed by atoms with Gasteiger partial charge in [0, 0.05) is 18.9 Å². The van der Waals surface area contributed by atoms with Crippen molar-refractivity contribution in [2.75, 3.05) is 19.7 Å². The molecule has 0 aliphatic heterocycles. The number of hydrogen-bond donors (Lipinski definition) is 3. The smallest absolute Gasteiger partial charge is 0.407 e. The van der Waals surface area contributed by atoms with Crippen LogP contribution in [-0.4, -0.2) is 42.8 Å². The number of nitrogens with one attached hydrogen (secondary N) is 2. The van der Waals surface area contributed by atoms with Crippen molar-refractivity contribution >= 4 is 18.0 Å². The number of amides is 2. The number of carbonyl (C=O) groups is 3. The van der Waals surface area contributed by atoms with Crippen molar-refractivity contribution in [3.63, 3.8) is 0 Å². The van der Waals surface area contributed by atoms with Gasteiger partial charge in [0.1, 0.15) is 13.2 Å². The van der Waals surface area contributed by atoms with Crippen LogP contribution < -0.4 is 10.6 Å². The molecule has 0 saturated carbocycles. The Morgan fingerprint density at radius 3 is 2.12 bits per heavy atom. The summed E-state index contributed by atoms with van der Waals surface area (Å²) >= 11 is 0. The van der Waals surface area contributed by atoms with Gasteiger partial charge in [-0.1, -0.05) is 62.4 Å². The molecular formula is C25H30N2O5. The normalized spacial score (nSPS) is 13.2. The summed E-state index contributed by atoms with van der Waals surface area (Å²) in [6.07, 6.45) is 0.353. The average molecular weight is 439 g/mol. The van der Waals surface area contributed by atoms with Crippen molar-refractivity contribution in [3.05, 3.63) is 59.7 Å². The molecule has 0 saturated heterocycles. The highest BCUT2D eigenvalue weighted by Gasteiger charge is 2.29. The van der Waals surface area contributed by atoms with E-state index >= 15 is 0 Å². The molecule has 1 aliphatic rings. The molecule has 170 valence electrons. The minimum absolute atomic E-state index is 0.0126. The van der Waals surface area contributed by atoms with E-state index in [9.17, 15) is 14.4 Å². The SMILES string of the molecule is CC(C)CC(CNC(=O)OCC1c2ccccc2-c2ccccc21)CC(=O)NCC(=O)O. The van der Waals surface area contributed by atoms with Crippen LogP contribution in [0.25, 0.3) is 11.1 Å². The van der Waals surface area contributed by atoms with Gasteiger partial charge >= 0.3 is 12.1 Å². The number of carbonyl (C=O) groups excluding carboxylic acids is 2. The minimum atomic E-state index is -1.09. The molecule has 1 atom stereocenters. The first-order valence-electron chi connectivity index (χ1n) is 10.9. The second-order valence-electron chi connectivity index (χ2n) is 8.58. The molecule has 1 aliphatic carbocycles. The zero-order valence-corrected chi connectivity index (χ0v) is 18.5. The van der Waals surface area contributed by atoms with Gasteiger partial charge in [-0.2, -0.15) is 0 Å². The van der Waals surface area contributed by atoms with E-state index in [0.717, 1.165) is 17.5 Å². The van der Waals surface area contributed by atoms with Crippen molar-refractivity contribution < 1.29 is 24.2 Å². The van der Waals surface area contributed by atoms with Crippen LogP contribution >= 0.6 is 0 Å². The van der Waals surface area contributed by atoms with Crippen LogP contribution in [0.15, 0.2) is 48.5 Å². The van der Waals surface area contributed by atoms with Crippen LogP contribution in [0.5, 0.6) is 0 Å². The van der Waals surface area contributed by atoms with E-state index in [1.165, 1.54) is 11.1 Å². The zero-order chi connectivity index (χ0) is 23.1. The fourth-order valence-electron chi connectivity index (χ4n) is 4.29. The first kappa shape index (κ1) is 23.3. The summed E-state index contributed by atoms with van der Waals surface area (Å²) in [4.78, 5) is 35.0. The minimum Gasteiger partial charge on any atom is -0.480 e. The second-order valence-corrected chi connectivity index (χ2v) is 8.58. The average Bonchev–Trinajstić information content (AvgIpc) is 3.08. The third kappa shape index (κ3) is 6.09. The molecule has 7 nitrogen and oxygen atoms in total. The molecule has 32 heavy (non-hydrogen) atoms. The van der Waals surface area contributed by atoms with Crippen molar-refractivity contribution in [1.29, 1.82) is 0 Å². The maximum atomic E-state index is 12.4. The molecule has 2 aromatic rings. The number of carboxylic acid groups (broad SMARTS) is 1. The van der Waals surface area contributed by atoms with Gasteiger partial charge in [-0.15, -0.1) is 0 Å². The molecule has 0 spiro atoms. The van der Waals surface area contributed by atoms with Crippen LogP contribution in [0, 0.1) is 11.8 Å². The number of rotatable bonds is 10. The summed E-state index contributed by atoms with van der Waals surface area (Å²) in [5, 5.41) is 13.8. The summed E-state index contributed by atoms with van der Waals surface area (Å²) < 4.78 is 5.55. The van der Waals surface area contributed by atoms with Gasteiger partial charge in [0.05, 0.1) is 0 Å². The molecule has 3 N–H and O–H groups in total. The van der Waals surface area contributed by atoms with Gasteiger partial charge in [-0.25, -0.2) is 4.79 Å². The van der Waals surface area contributed by atoms with E-state index in [1.54, 1.807) is 0 Å². The van der Waals surface area contributed by atoms with Gasteiger partial charge in [0.2, 0.25) is 5.91 Å². The van der Waals surface area contributed by atoms with Crippen molar-refractivity contribution in [2.45, 2.75) is 32.6 Å². The van der Waals surface area contributed by atoms with E-state index in [4.69, 9.17) is 9.84 Å². The Bertz CT molecular complexity index is 927. The summed E-state index contributed by atoms with van der Waals surface area (Å²) in [7, 11) is 0. The van der Waals surface area contributed by atoms with E-state index in [-0.39, 0.29) is 37.3 Å². The number of aliphatic carboxylic acids is 1. The van der Waals surface area contributed by atoms with Crippen LogP contribution in [0.1, 0.15) is 43.7 Å². The second kappa shape index (κ2) is 10.8. The Morgan fingerprint density at radius 2 is 1.56 bits per heavy atom. The lowest BCUT2D eigenvalue weighted by Crippen LogP contribution is -2.35. The Balaban J connectivity index is 1.54. The molecule has 0 fully saturated rings. The maximum Gasteiger partial charge on any atom is 0.407 e. The van der Waals surface area contributed by atoms with Crippen molar-refractivity contribution in [3.8, 4) is 11.1 Å². The molecule has 3 rings (SSSR count). The predicted octanol–water partition coefficient (Wildman–Crippen LogP) is 3.78. The van der Waals surface area contributed by atoms with E-state index < -0.39 is 18.6 Å². The zero-order valence-electron chi connectivity index (χ0n) is 18.5. The molecular weight excluding hydrogens is 408 g/mol. The summed E-state index contributed by atoms with van der Waals surface area (Å²) in [6, 6.07) is 16.3. The highest BCUT2D eigenvalue weighted by Crippen LogP contribution is 2.44. The largest absolute Gasteiger partial charge is 0.480 e. The molecule has 1 unspecified atom stereocenters. The fourth-order valence-corrected chi connectivity index (χ4v) is 4.29. The number of carboxylic acids is 1. The standard InChI is InChI=1S/C25H30N2O5/c1-16(2)11-17(12-23(28)26-14-24(29)30)13-27-25(31)32-15-22-20-9-5-3-7-18(20)19-8-4-6-10-21(19)22/h3-10,16-17,22H,11-15H2,1-2H3,(H,26,28)(H,27,31)(H,29,30). The monoisotopic (exact) mass is 438 g/mol. The molecule has 2 amide bonds. The topological polar surface area (TPSA) is 105 Å². The number of benzene rings is 2. The highest BCUT2D eigenvalue weighted by atomic mass is 16.5. The Hall–Kier alpha value is -3.35. The summed E-state index contributed by atoms with van der Waals surface area (Å²) in [5.41, 5.74) is 4.63. The molecule has 7 heteroatoms. The van der Waals surface area contributed by atoms with Gasteiger partial charge in [-0.05, 0) is 40.5 Å². The number of alkyl carbamates (subject to hydrolysis) is 1. The van der Waals surface area contributed by atoms with Crippen LogP contribution in [-0.2, 0) is 14.3 Å². The Morgan fingerprint density at radius 1 is 0.969 bits per heavy atom. The first-order chi connectivity index (χ1) is 15.3.